The van der Waals surface area contributed by atoms with Crippen LogP contribution in [-0.4, -0.2) is 73.8 Å². The van der Waals surface area contributed by atoms with E-state index in [1.807, 2.05) is 30.3 Å². The number of esters is 1. The lowest BCUT2D eigenvalue weighted by Crippen LogP contribution is -2.60. The SMILES string of the molecule is CC(=O)Oc1cc(CO)c2c(c1C=Cc1ccccc1)C(=O)c1cc(O[C@@H]3O[C@@H](C4CCCC4)[C@@H](O)[C@@H](O)[C@H]3O)c(Cc3cccc(C(N)N)c3)c(O)c1C2=O. The number of nitrogens with two attached hydrogens (primary N) is 2. The van der Waals surface area contributed by atoms with Crippen molar-refractivity contribution >= 4 is 29.7 Å². The standard InChI is InChI=1S/C43H44N2O11/c1-21(47)54-30-18-26(20-46)32-33(27(30)15-14-22-8-3-2-4-9-22)36(49)29-19-31(55-43-40(53)38(51)39(52)41(56-43)24-11-5-6-12-24)28(35(48)34(29)37(32)50)17-23-10-7-13-25(16-23)42(44)45/h2-4,7-10,13-16,18-19,24,38-43,46,48,51-53H,5-6,11-12,17,20,44-45H2,1H3/t38-,39+,40-,41+,43-/m1/s1. The number of aliphatic hydroxyl groups is 4. The normalized spacial score (nSPS) is 22.4. The predicted molar refractivity (Wildman–Crippen MR) is 204 cm³/mol. The van der Waals surface area contributed by atoms with Crippen molar-refractivity contribution in [3.63, 3.8) is 0 Å². The van der Waals surface area contributed by atoms with Gasteiger partial charge in [0.1, 0.15) is 35.6 Å². The number of hydrogen-bond donors (Lipinski definition) is 7. The molecule has 9 N–H and O–H groups in total. The van der Waals surface area contributed by atoms with Crippen molar-refractivity contribution in [3.05, 3.63) is 122 Å². The molecule has 1 saturated heterocycles. The summed E-state index contributed by atoms with van der Waals surface area (Å²) in [5.41, 5.74) is 12.9. The van der Waals surface area contributed by atoms with Crippen LogP contribution < -0.4 is 20.9 Å². The number of benzene rings is 4. The molecule has 1 aliphatic heterocycles. The molecule has 3 aliphatic rings. The second-order valence-corrected chi connectivity index (χ2v) is 14.5. The zero-order chi connectivity index (χ0) is 39.8. The van der Waals surface area contributed by atoms with Crippen LogP contribution in [-0.2, 0) is 22.6 Å². The highest BCUT2D eigenvalue weighted by molar-refractivity contribution is 6.31. The van der Waals surface area contributed by atoms with Crippen LogP contribution in [0, 0.1) is 5.92 Å². The number of ketones is 2. The van der Waals surface area contributed by atoms with E-state index in [1.54, 1.807) is 30.3 Å². The van der Waals surface area contributed by atoms with Crippen molar-refractivity contribution in [1.82, 2.24) is 0 Å². The number of carbonyl (C=O) groups is 3. The third kappa shape index (κ3) is 7.38. The van der Waals surface area contributed by atoms with Crippen molar-refractivity contribution in [2.75, 3.05) is 0 Å². The number of aliphatic hydroxyl groups excluding tert-OH is 4. The smallest absolute Gasteiger partial charge is 0.308 e. The number of aromatic hydroxyl groups is 1. The molecule has 5 atom stereocenters. The van der Waals surface area contributed by atoms with Gasteiger partial charge in [-0.2, -0.15) is 0 Å². The molecular formula is C43H44N2O11. The summed E-state index contributed by atoms with van der Waals surface area (Å²) in [4.78, 5) is 41.7. The Kier molecular flexibility index (Phi) is 11.2. The molecule has 7 rings (SSSR count). The van der Waals surface area contributed by atoms with Gasteiger partial charge >= 0.3 is 5.97 Å². The molecule has 0 spiro atoms. The highest BCUT2D eigenvalue weighted by Gasteiger charge is 2.48. The van der Waals surface area contributed by atoms with Gasteiger partial charge in [0.15, 0.2) is 11.6 Å². The summed E-state index contributed by atoms with van der Waals surface area (Å²) < 4.78 is 18.0. The quantitative estimate of drug-likeness (QED) is 0.0467. The Morgan fingerprint density at radius 1 is 0.875 bits per heavy atom. The Labute approximate surface area is 322 Å². The number of carbonyl (C=O) groups excluding carboxylic acids is 3. The molecule has 1 saturated carbocycles. The molecule has 0 bridgehead atoms. The van der Waals surface area contributed by atoms with E-state index >= 15 is 0 Å². The number of ether oxygens (including phenoxy) is 3. The Bertz CT molecular complexity index is 2200. The van der Waals surface area contributed by atoms with Gasteiger partial charge in [0.25, 0.3) is 0 Å². The monoisotopic (exact) mass is 764 g/mol. The molecule has 2 fully saturated rings. The maximum atomic E-state index is 14.8. The second-order valence-electron chi connectivity index (χ2n) is 14.5. The van der Waals surface area contributed by atoms with E-state index < -0.39 is 66.8 Å². The summed E-state index contributed by atoms with van der Waals surface area (Å²) in [5, 5.41) is 55.6. The lowest BCUT2D eigenvalue weighted by Gasteiger charge is -2.42. The molecule has 4 aromatic carbocycles. The molecule has 292 valence electrons. The largest absolute Gasteiger partial charge is 0.507 e. The molecule has 0 amide bonds. The highest BCUT2D eigenvalue weighted by Crippen LogP contribution is 2.46. The first-order chi connectivity index (χ1) is 26.9. The molecule has 56 heavy (non-hydrogen) atoms. The summed E-state index contributed by atoms with van der Waals surface area (Å²) in [7, 11) is 0. The average Bonchev–Trinajstić information content (AvgIpc) is 3.72. The van der Waals surface area contributed by atoms with E-state index in [0.29, 0.717) is 11.1 Å². The van der Waals surface area contributed by atoms with Crippen molar-refractivity contribution in [3.8, 4) is 17.2 Å². The molecule has 0 radical (unpaired) electrons. The summed E-state index contributed by atoms with van der Waals surface area (Å²) in [6, 6.07) is 18.6. The molecule has 0 aromatic heterocycles. The Hall–Kier alpha value is -5.25. The molecule has 4 aromatic rings. The summed E-state index contributed by atoms with van der Waals surface area (Å²) in [6.07, 6.45) is -1.58. The van der Waals surface area contributed by atoms with Crippen LogP contribution >= 0.6 is 0 Å². The van der Waals surface area contributed by atoms with Crippen LogP contribution in [0.25, 0.3) is 12.2 Å². The minimum absolute atomic E-state index is 0.00718. The van der Waals surface area contributed by atoms with E-state index in [0.717, 1.165) is 31.2 Å². The third-order valence-electron chi connectivity index (χ3n) is 10.8. The molecule has 0 unspecified atom stereocenters. The molecule has 1 heterocycles. The topological polar surface area (TPSA) is 232 Å². The van der Waals surface area contributed by atoms with Crippen molar-refractivity contribution < 1.29 is 54.1 Å². The van der Waals surface area contributed by atoms with Crippen molar-refractivity contribution in [1.29, 1.82) is 0 Å². The summed E-state index contributed by atoms with van der Waals surface area (Å²) >= 11 is 0. The first-order valence-corrected chi connectivity index (χ1v) is 18.5. The van der Waals surface area contributed by atoms with Crippen LogP contribution in [0.4, 0.5) is 0 Å². The number of fused-ring (bicyclic) bond motifs is 2. The van der Waals surface area contributed by atoms with Gasteiger partial charge in [-0.25, -0.2) is 0 Å². The Morgan fingerprint density at radius 3 is 2.29 bits per heavy atom. The zero-order valence-electron chi connectivity index (χ0n) is 30.6. The van der Waals surface area contributed by atoms with Crippen LogP contribution in [0.2, 0.25) is 0 Å². The average molecular weight is 765 g/mol. The van der Waals surface area contributed by atoms with E-state index in [2.05, 4.69) is 0 Å². The highest BCUT2D eigenvalue weighted by atomic mass is 16.7. The number of hydrogen-bond acceptors (Lipinski definition) is 13. The fourth-order valence-electron chi connectivity index (χ4n) is 8.01. The second kappa shape index (κ2) is 16.1. The van der Waals surface area contributed by atoms with Gasteiger partial charge in [-0.1, -0.05) is 73.5 Å². The zero-order valence-corrected chi connectivity index (χ0v) is 30.6. The minimum Gasteiger partial charge on any atom is -0.507 e. The van der Waals surface area contributed by atoms with Gasteiger partial charge in [0, 0.05) is 41.2 Å². The first kappa shape index (κ1) is 39.0. The fraction of sp³-hybridized carbons (Fsp3) is 0.326. The Balaban J connectivity index is 1.40. The van der Waals surface area contributed by atoms with Crippen LogP contribution in [0.1, 0.15) is 104 Å². The Morgan fingerprint density at radius 2 is 1.61 bits per heavy atom. The van der Waals surface area contributed by atoms with Crippen molar-refractivity contribution in [2.24, 2.45) is 17.4 Å². The van der Waals surface area contributed by atoms with Gasteiger partial charge < -0.3 is 51.2 Å². The van der Waals surface area contributed by atoms with Gasteiger partial charge in [-0.3, -0.25) is 14.4 Å². The fourth-order valence-corrected chi connectivity index (χ4v) is 8.01. The summed E-state index contributed by atoms with van der Waals surface area (Å²) in [5.74, 6) is -3.16. The van der Waals surface area contributed by atoms with E-state index in [-0.39, 0.29) is 62.8 Å². The van der Waals surface area contributed by atoms with Crippen molar-refractivity contribution in [2.45, 2.75) is 82.5 Å². The van der Waals surface area contributed by atoms with E-state index in [9.17, 15) is 39.9 Å². The molecular weight excluding hydrogens is 720 g/mol. The summed E-state index contributed by atoms with van der Waals surface area (Å²) in [6.45, 7) is 0.474. The number of rotatable bonds is 10. The number of phenols is 1. The number of phenolic OH excluding ortho intramolecular Hbond substituents is 1. The van der Waals surface area contributed by atoms with Crippen LogP contribution in [0.5, 0.6) is 17.2 Å². The van der Waals surface area contributed by atoms with E-state index in [1.165, 1.54) is 25.1 Å². The minimum atomic E-state index is -1.74. The molecule has 13 nitrogen and oxygen atoms in total. The maximum absolute atomic E-state index is 14.8. The lowest BCUT2D eigenvalue weighted by molar-refractivity contribution is -0.282. The van der Waals surface area contributed by atoms with Gasteiger partial charge in [0.2, 0.25) is 6.29 Å². The lowest BCUT2D eigenvalue weighted by atomic mass is 9.77. The molecule has 2 aliphatic carbocycles. The maximum Gasteiger partial charge on any atom is 0.308 e. The van der Waals surface area contributed by atoms with Gasteiger partial charge in [-0.15, -0.1) is 0 Å². The first-order valence-electron chi connectivity index (χ1n) is 18.5. The molecule has 13 heteroatoms. The predicted octanol–water partition coefficient (Wildman–Crippen LogP) is 3.64. The van der Waals surface area contributed by atoms with E-state index in [4.69, 9.17) is 25.7 Å². The van der Waals surface area contributed by atoms with Gasteiger partial charge in [0.05, 0.1) is 24.4 Å². The van der Waals surface area contributed by atoms with Crippen LogP contribution in [0.15, 0.2) is 66.7 Å². The van der Waals surface area contributed by atoms with Gasteiger partial charge in [-0.05, 0) is 59.2 Å². The van der Waals surface area contributed by atoms with Crippen LogP contribution in [0.3, 0.4) is 0 Å². The third-order valence-corrected chi connectivity index (χ3v) is 10.8.